The molecule has 0 radical (unpaired) electrons. The SMILES string of the molecule is CCCc1c(NC)ncnc1Oc1cc(F)cc(Br)c1. The molecule has 1 aromatic carbocycles. The Balaban J connectivity index is 2.37. The molecule has 2 rings (SSSR count). The minimum atomic E-state index is -0.366. The van der Waals surface area contributed by atoms with E-state index in [0.29, 0.717) is 16.1 Å². The number of anilines is 1. The summed E-state index contributed by atoms with van der Waals surface area (Å²) in [7, 11) is 1.80. The molecule has 0 saturated carbocycles. The zero-order valence-electron chi connectivity index (χ0n) is 11.3. The van der Waals surface area contributed by atoms with E-state index in [4.69, 9.17) is 4.74 Å². The smallest absolute Gasteiger partial charge is 0.227 e. The van der Waals surface area contributed by atoms with Gasteiger partial charge in [0.1, 0.15) is 23.7 Å². The third kappa shape index (κ3) is 3.45. The number of benzene rings is 1. The average Bonchev–Trinajstić information content (AvgIpc) is 2.39. The fraction of sp³-hybridized carbons (Fsp3) is 0.286. The van der Waals surface area contributed by atoms with Crippen molar-refractivity contribution >= 4 is 21.7 Å². The Kier molecular flexibility index (Phi) is 4.89. The van der Waals surface area contributed by atoms with Gasteiger partial charge in [-0.3, -0.25) is 0 Å². The monoisotopic (exact) mass is 339 g/mol. The van der Waals surface area contributed by atoms with Crippen molar-refractivity contribution in [3.8, 4) is 11.6 Å². The molecule has 4 nitrogen and oxygen atoms in total. The van der Waals surface area contributed by atoms with Crippen molar-refractivity contribution < 1.29 is 9.13 Å². The van der Waals surface area contributed by atoms with Crippen LogP contribution >= 0.6 is 15.9 Å². The normalized spacial score (nSPS) is 10.4. The lowest BCUT2D eigenvalue weighted by Crippen LogP contribution is -2.03. The van der Waals surface area contributed by atoms with Crippen LogP contribution in [0.1, 0.15) is 18.9 Å². The number of aromatic nitrogens is 2. The Morgan fingerprint density at radius 2 is 2.10 bits per heavy atom. The molecule has 0 aliphatic rings. The number of nitrogens with zero attached hydrogens (tertiary/aromatic N) is 2. The fourth-order valence-corrected chi connectivity index (χ4v) is 2.32. The number of rotatable bonds is 5. The van der Waals surface area contributed by atoms with Crippen molar-refractivity contribution in [2.75, 3.05) is 12.4 Å². The van der Waals surface area contributed by atoms with Gasteiger partial charge in [0.2, 0.25) is 5.88 Å². The average molecular weight is 340 g/mol. The van der Waals surface area contributed by atoms with Crippen LogP contribution in [0, 0.1) is 5.82 Å². The van der Waals surface area contributed by atoms with Gasteiger partial charge < -0.3 is 10.1 Å². The first-order valence-corrected chi connectivity index (χ1v) is 7.09. The summed E-state index contributed by atoms with van der Waals surface area (Å²) in [4.78, 5) is 8.32. The zero-order chi connectivity index (χ0) is 14.5. The van der Waals surface area contributed by atoms with Crippen LogP contribution in [0.25, 0.3) is 0 Å². The van der Waals surface area contributed by atoms with Gasteiger partial charge in [-0.15, -0.1) is 0 Å². The molecule has 2 aromatic rings. The maximum atomic E-state index is 13.4. The predicted octanol–water partition coefficient (Wildman–Crippen LogP) is 4.16. The fourth-order valence-electron chi connectivity index (χ4n) is 1.87. The van der Waals surface area contributed by atoms with Gasteiger partial charge in [-0.1, -0.05) is 29.3 Å². The summed E-state index contributed by atoms with van der Waals surface area (Å²) in [6, 6.07) is 4.39. The van der Waals surface area contributed by atoms with E-state index in [1.165, 1.54) is 18.5 Å². The van der Waals surface area contributed by atoms with E-state index in [2.05, 4.69) is 38.1 Å². The van der Waals surface area contributed by atoms with E-state index < -0.39 is 0 Å². The second kappa shape index (κ2) is 6.65. The minimum Gasteiger partial charge on any atom is -0.438 e. The Morgan fingerprint density at radius 1 is 1.30 bits per heavy atom. The van der Waals surface area contributed by atoms with Crippen molar-refractivity contribution in [3.63, 3.8) is 0 Å². The second-order valence-electron chi connectivity index (χ2n) is 4.21. The van der Waals surface area contributed by atoms with Crippen molar-refractivity contribution in [2.24, 2.45) is 0 Å². The van der Waals surface area contributed by atoms with Gasteiger partial charge in [-0.05, 0) is 18.6 Å². The van der Waals surface area contributed by atoms with Gasteiger partial charge in [0, 0.05) is 17.6 Å². The third-order valence-electron chi connectivity index (χ3n) is 2.69. The quantitative estimate of drug-likeness (QED) is 0.888. The van der Waals surface area contributed by atoms with E-state index in [1.807, 2.05) is 0 Å². The summed E-state index contributed by atoms with van der Waals surface area (Å²) >= 11 is 3.24. The Morgan fingerprint density at radius 3 is 2.75 bits per heavy atom. The van der Waals surface area contributed by atoms with E-state index >= 15 is 0 Å². The highest BCUT2D eigenvalue weighted by Gasteiger charge is 2.12. The molecule has 0 aliphatic carbocycles. The highest BCUT2D eigenvalue weighted by molar-refractivity contribution is 9.10. The van der Waals surface area contributed by atoms with Crippen LogP contribution in [0.4, 0.5) is 10.2 Å². The molecule has 0 atom stereocenters. The van der Waals surface area contributed by atoms with Gasteiger partial charge in [-0.25, -0.2) is 14.4 Å². The lowest BCUT2D eigenvalue weighted by atomic mass is 10.1. The highest BCUT2D eigenvalue weighted by atomic mass is 79.9. The Hall–Kier alpha value is -1.69. The highest BCUT2D eigenvalue weighted by Crippen LogP contribution is 2.30. The van der Waals surface area contributed by atoms with Crippen LogP contribution in [-0.2, 0) is 6.42 Å². The Bertz CT molecular complexity index is 587. The molecule has 1 heterocycles. The van der Waals surface area contributed by atoms with Crippen molar-refractivity contribution in [1.29, 1.82) is 0 Å². The van der Waals surface area contributed by atoms with E-state index in [-0.39, 0.29) is 5.82 Å². The second-order valence-corrected chi connectivity index (χ2v) is 5.13. The van der Waals surface area contributed by atoms with E-state index in [9.17, 15) is 4.39 Å². The Labute approximate surface area is 125 Å². The summed E-state index contributed by atoms with van der Waals surface area (Å²) in [5, 5.41) is 3.01. The summed E-state index contributed by atoms with van der Waals surface area (Å²) in [6.07, 6.45) is 3.14. The molecule has 1 aromatic heterocycles. The van der Waals surface area contributed by atoms with Crippen molar-refractivity contribution in [1.82, 2.24) is 9.97 Å². The molecule has 0 saturated heterocycles. The zero-order valence-corrected chi connectivity index (χ0v) is 12.9. The van der Waals surface area contributed by atoms with Crippen LogP contribution < -0.4 is 10.1 Å². The van der Waals surface area contributed by atoms with Crippen LogP contribution in [0.3, 0.4) is 0 Å². The molecule has 0 unspecified atom stereocenters. The molecule has 0 spiro atoms. The lowest BCUT2D eigenvalue weighted by molar-refractivity contribution is 0.449. The molecule has 6 heteroatoms. The van der Waals surface area contributed by atoms with Crippen molar-refractivity contribution in [2.45, 2.75) is 19.8 Å². The number of nitrogens with one attached hydrogen (secondary N) is 1. The predicted molar refractivity (Wildman–Crippen MR) is 79.7 cm³/mol. The first-order chi connectivity index (χ1) is 9.63. The summed E-state index contributed by atoms with van der Waals surface area (Å²) in [5.74, 6) is 1.21. The van der Waals surface area contributed by atoms with Gasteiger partial charge in [-0.2, -0.15) is 0 Å². The molecule has 0 amide bonds. The molecule has 0 aliphatic heterocycles. The summed E-state index contributed by atoms with van der Waals surface area (Å²) in [5.41, 5.74) is 0.887. The van der Waals surface area contributed by atoms with Gasteiger partial charge >= 0.3 is 0 Å². The molecular formula is C14H15BrFN3O. The maximum absolute atomic E-state index is 13.4. The molecular weight excluding hydrogens is 325 g/mol. The first-order valence-electron chi connectivity index (χ1n) is 6.29. The van der Waals surface area contributed by atoms with Crippen LogP contribution in [0.5, 0.6) is 11.6 Å². The molecule has 1 N–H and O–H groups in total. The van der Waals surface area contributed by atoms with Gasteiger partial charge in [0.05, 0.1) is 5.56 Å². The molecule has 0 fully saturated rings. The van der Waals surface area contributed by atoms with Crippen LogP contribution in [-0.4, -0.2) is 17.0 Å². The number of halogens is 2. The van der Waals surface area contributed by atoms with E-state index in [0.717, 1.165) is 24.2 Å². The number of ether oxygens (including phenoxy) is 1. The van der Waals surface area contributed by atoms with Gasteiger partial charge in [0.15, 0.2) is 0 Å². The largest absolute Gasteiger partial charge is 0.438 e. The number of hydrogen-bond acceptors (Lipinski definition) is 4. The van der Waals surface area contributed by atoms with E-state index in [1.54, 1.807) is 13.1 Å². The minimum absolute atomic E-state index is 0.366. The molecule has 0 bridgehead atoms. The first kappa shape index (κ1) is 14.7. The van der Waals surface area contributed by atoms with Crippen LogP contribution in [0.15, 0.2) is 29.0 Å². The lowest BCUT2D eigenvalue weighted by Gasteiger charge is -2.12. The van der Waals surface area contributed by atoms with Crippen LogP contribution in [0.2, 0.25) is 0 Å². The summed E-state index contributed by atoms with van der Waals surface area (Å²) in [6.45, 7) is 2.06. The van der Waals surface area contributed by atoms with Crippen molar-refractivity contribution in [3.05, 3.63) is 40.4 Å². The summed E-state index contributed by atoms with van der Waals surface area (Å²) < 4.78 is 19.7. The van der Waals surface area contributed by atoms with Gasteiger partial charge in [0.25, 0.3) is 0 Å². The maximum Gasteiger partial charge on any atom is 0.227 e. The third-order valence-corrected chi connectivity index (χ3v) is 3.15. The number of hydrogen-bond donors (Lipinski definition) is 1. The molecule has 20 heavy (non-hydrogen) atoms. The standard InChI is InChI=1S/C14H15BrFN3O/c1-3-4-12-13(17-2)18-8-19-14(12)20-11-6-9(15)5-10(16)7-11/h5-8H,3-4H2,1-2H3,(H,17,18,19). The molecule has 106 valence electrons. The topological polar surface area (TPSA) is 47.0 Å².